The molecule has 36 heavy (non-hydrogen) atoms. The van der Waals surface area contributed by atoms with Gasteiger partial charge in [0.05, 0.1) is 16.6 Å². The number of aliphatic hydroxyl groups excluding tert-OH is 1. The van der Waals surface area contributed by atoms with Crippen molar-refractivity contribution in [3.8, 4) is 0 Å². The molecule has 0 aromatic carbocycles. The summed E-state index contributed by atoms with van der Waals surface area (Å²) >= 11 is 1.64. The number of esters is 1. The molecule has 0 aromatic heterocycles. The molecule has 7 nitrogen and oxygen atoms in total. The monoisotopic (exact) mass is 520 g/mol. The van der Waals surface area contributed by atoms with Gasteiger partial charge in [0.15, 0.2) is 0 Å². The number of ether oxygens (including phenoxy) is 1. The van der Waals surface area contributed by atoms with Gasteiger partial charge in [0.25, 0.3) is 0 Å². The Morgan fingerprint density at radius 3 is 2.47 bits per heavy atom. The Morgan fingerprint density at radius 2 is 1.92 bits per heavy atom. The van der Waals surface area contributed by atoms with Crippen LogP contribution in [0.25, 0.3) is 0 Å². The van der Waals surface area contributed by atoms with Crippen LogP contribution in [0.15, 0.2) is 25.3 Å². The van der Waals surface area contributed by atoms with Gasteiger partial charge in [-0.15, -0.1) is 18.3 Å². The number of hydrogen-bond donors (Lipinski definition) is 1. The van der Waals surface area contributed by atoms with Crippen molar-refractivity contribution in [1.82, 2.24) is 9.80 Å². The Labute approximate surface area is 220 Å². The van der Waals surface area contributed by atoms with Gasteiger partial charge >= 0.3 is 5.97 Å². The second kappa shape index (κ2) is 10.5. The minimum absolute atomic E-state index is 0.0139. The second-order valence-electron chi connectivity index (χ2n) is 12.4. The van der Waals surface area contributed by atoms with E-state index in [1.165, 1.54) is 6.08 Å². The molecular formula is C28H44N2O5S. The Balaban J connectivity index is 2.09. The van der Waals surface area contributed by atoms with Crippen LogP contribution in [0.5, 0.6) is 0 Å². The fourth-order valence-electron chi connectivity index (χ4n) is 7.09. The number of nitrogens with zero attached hydrogens (tertiary/aromatic N) is 2. The van der Waals surface area contributed by atoms with Gasteiger partial charge in [-0.1, -0.05) is 46.4 Å². The zero-order chi connectivity index (χ0) is 27.1. The van der Waals surface area contributed by atoms with E-state index in [4.69, 9.17) is 4.74 Å². The number of fused-ring (bicyclic) bond motifs is 1. The third-order valence-corrected chi connectivity index (χ3v) is 10.00. The van der Waals surface area contributed by atoms with Crippen LogP contribution in [0.4, 0.5) is 0 Å². The second-order valence-corrected chi connectivity index (χ2v) is 13.9. The van der Waals surface area contributed by atoms with Crippen LogP contribution in [0.2, 0.25) is 0 Å². The number of aliphatic hydroxyl groups is 1. The maximum absolute atomic E-state index is 14.6. The molecule has 1 spiro atoms. The van der Waals surface area contributed by atoms with Gasteiger partial charge in [-0.2, -0.15) is 0 Å². The molecule has 0 aromatic rings. The van der Waals surface area contributed by atoms with Crippen molar-refractivity contribution in [2.75, 3.05) is 26.3 Å². The molecule has 3 fully saturated rings. The molecule has 3 heterocycles. The van der Waals surface area contributed by atoms with Crippen molar-refractivity contribution >= 4 is 29.5 Å². The summed E-state index contributed by atoms with van der Waals surface area (Å²) in [5, 5.41) is 9.52. The summed E-state index contributed by atoms with van der Waals surface area (Å²) in [5.41, 5.74) is -0.489. The predicted molar refractivity (Wildman–Crippen MR) is 143 cm³/mol. The van der Waals surface area contributed by atoms with Crippen molar-refractivity contribution in [2.24, 2.45) is 23.2 Å². The largest absolute Gasteiger partial charge is 0.461 e. The van der Waals surface area contributed by atoms with Crippen molar-refractivity contribution in [3.63, 3.8) is 0 Å². The highest BCUT2D eigenvalue weighted by molar-refractivity contribution is 8.02. The van der Waals surface area contributed by atoms with Crippen LogP contribution in [-0.4, -0.2) is 80.6 Å². The highest BCUT2D eigenvalue weighted by Crippen LogP contribution is 2.69. The van der Waals surface area contributed by atoms with E-state index >= 15 is 0 Å². The number of rotatable bonds is 11. The number of amides is 2. The van der Waals surface area contributed by atoms with Crippen LogP contribution in [0.3, 0.4) is 0 Å². The van der Waals surface area contributed by atoms with E-state index in [1.807, 2.05) is 4.90 Å². The first kappa shape index (κ1) is 28.8. The number of hydrogen-bond acceptors (Lipinski definition) is 6. The molecule has 3 aliphatic rings. The summed E-state index contributed by atoms with van der Waals surface area (Å²) in [6.07, 6.45) is 5.17. The molecule has 6 atom stereocenters. The molecule has 202 valence electrons. The Hall–Kier alpha value is -1.80. The molecule has 2 amide bonds. The first-order chi connectivity index (χ1) is 16.8. The van der Waals surface area contributed by atoms with Crippen molar-refractivity contribution in [2.45, 2.75) is 82.4 Å². The molecule has 3 aliphatic heterocycles. The van der Waals surface area contributed by atoms with Crippen molar-refractivity contribution < 1.29 is 24.2 Å². The lowest BCUT2D eigenvalue weighted by atomic mass is 9.66. The highest BCUT2D eigenvalue weighted by Gasteiger charge is 2.76. The maximum atomic E-state index is 14.6. The highest BCUT2D eigenvalue weighted by atomic mass is 32.2. The minimum atomic E-state index is -0.706. The van der Waals surface area contributed by atoms with Gasteiger partial charge in [0.2, 0.25) is 11.8 Å². The summed E-state index contributed by atoms with van der Waals surface area (Å²) in [6.45, 7) is 20.9. The van der Waals surface area contributed by atoms with Gasteiger partial charge in [-0.05, 0) is 44.4 Å². The summed E-state index contributed by atoms with van der Waals surface area (Å²) in [6, 6.07) is -0.706. The normalized spacial score (nSPS) is 31.4. The van der Waals surface area contributed by atoms with Crippen LogP contribution in [0.1, 0.15) is 60.8 Å². The topological polar surface area (TPSA) is 87.1 Å². The molecule has 0 saturated carbocycles. The molecule has 2 bridgehead atoms. The predicted octanol–water partition coefficient (Wildman–Crippen LogP) is 3.66. The molecule has 3 rings (SSSR count). The van der Waals surface area contributed by atoms with Gasteiger partial charge in [0.1, 0.15) is 12.6 Å². The van der Waals surface area contributed by atoms with Gasteiger partial charge in [-0.25, -0.2) is 0 Å². The fourth-order valence-corrected chi connectivity index (χ4v) is 9.50. The lowest BCUT2D eigenvalue weighted by Gasteiger charge is -2.46. The lowest BCUT2D eigenvalue weighted by molar-refractivity contribution is -0.153. The molecule has 1 N–H and O–H groups in total. The van der Waals surface area contributed by atoms with E-state index in [0.29, 0.717) is 13.0 Å². The summed E-state index contributed by atoms with van der Waals surface area (Å²) in [4.78, 5) is 45.2. The maximum Gasteiger partial charge on any atom is 0.311 e. The van der Waals surface area contributed by atoms with E-state index < -0.39 is 28.2 Å². The third kappa shape index (κ3) is 4.87. The van der Waals surface area contributed by atoms with Gasteiger partial charge in [-0.3, -0.25) is 14.4 Å². The molecular weight excluding hydrogens is 476 g/mol. The summed E-state index contributed by atoms with van der Waals surface area (Å²) in [7, 11) is 0. The minimum Gasteiger partial charge on any atom is -0.461 e. The number of likely N-dealkylation sites (tertiary alicyclic amines) is 1. The quantitative estimate of drug-likeness (QED) is 0.331. The van der Waals surface area contributed by atoms with Gasteiger partial charge < -0.3 is 19.6 Å². The van der Waals surface area contributed by atoms with E-state index in [9.17, 15) is 19.5 Å². The third-order valence-electron chi connectivity index (χ3n) is 7.92. The molecule has 0 aliphatic carbocycles. The summed E-state index contributed by atoms with van der Waals surface area (Å²) < 4.78 is 4.73. The van der Waals surface area contributed by atoms with Crippen LogP contribution in [-0.2, 0) is 19.1 Å². The Morgan fingerprint density at radius 1 is 1.25 bits per heavy atom. The zero-order valence-corrected chi connectivity index (χ0v) is 23.6. The fraction of sp³-hybridized carbons (Fsp3) is 0.750. The molecule has 3 unspecified atom stereocenters. The van der Waals surface area contributed by atoms with Crippen LogP contribution >= 0.6 is 11.8 Å². The molecule has 0 radical (unpaired) electrons. The molecule has 8 heteroatoms. The number of thioether (sulfide) groups is 1. The first-order valence-electron chi connectivity index (χ1n) is 13.1. The SMILES string of the molecule is C=CCOC(=O)[C@@H]1[C@H]2C(=O)N(CCCO)C(C(=O)N(CC=C)C(C)(C)CC(C)(C)C)C23S[C@@H]1CC3C. The summed E-state index contributed by atoms with van der Waals surface area (Å²) in [5.74, 6) is -1.77. The van der Waals surface area contributed by atoms with E-state index in [1.54, 1.807) is 22.7 Å². The van der Waals surface area contributed by atoms with E-state index in [-0.39, 0.29) is 54.1 Å². The van der Waals surface area contributed by atoms with Gasteiger partial charge in [0, 0.05) is 30.5 Å². The van der Waals surface area contributed by atoms with Crippen molar-refractivity contribution in [3.05, 3.63) is 25.3 Å². The first-order valence-corrected chi connectivity index (χ1v) is 13.9. The average molecular weight is 521 g/mol. The Kier molecular flexibility index (Phi) is 8.41. The van der Waals surface area contributed by atoms with Crippen molar-refractivity contribution in [1.29, 1.82) is 0 Å². The Bertz CT molecular complexity index is 897. The number of carbonyl (C=O) groups excluding carboxylic acids is 3. The average Bonchev–Trinajstić information content (AvgIpc) is 3.36. The molecule has 3 saturated heterocycles. The van der Waals surface area contributed by atoms with Crippen LogP contribution in [0, 0.1) is 23.2 Å². The zero-order valence-electron chi connectivity index (χ0n) is 22.8. The lowest BCUT2D eigenvalue weighted by Crippen LogP contribution is -2.61. The van der Waals surface area contributed by atoms with E-state index in [2.05, 4.69) is 54.7 Å². The standard InChI is InChI=1S/C28H44N2O5S/c1-9-12-30(27(7,8)17-26(4,5)6)24(33)22-28-18(3)16-19(36-28)20(25(34)35-15-10-2)21(28)23(32)29(22)13-11-14-31/h9-10,18-22,31H,1-2,11-17H2,3-8H3/t18?,19-,20+,21+,22?,28?/m1/s1. The smallest absolute Gasteiger partial charge is 0.311 e. The number of carbonyl (C=O) groups is 3. The van der Waals surface area contributed by atoms with E-state index in [0.717, 1.165) is 12.8 Å². The van der Waals surface area contributed by atoms with Crippen LogP contribution < -0.4 is 0 Å².